The Kier molecular flexibility index (Phi) is 6.58. The minimum Gasteiger partial charge on any atom is -0.493 e. The Morgan fingerprint density at radius 1 is 1.00 bits per heavy atom. The molecule has 170 valence electrons. The highest BCUT2D eigenvalue weighted by Crippen LogP contribution is 2.35. The molecule has 4 rings (SSSR count). The number of fused-ring (bicyclic) bond motifs is 2. The number of hydrogen-bond donors (Lipinski definition) is 1. The van der Waals surface area contributed by atoms with E-state index in [1.165, 1.54) is 0 Å². The fourth-order valence-corrected chi connectivity index (χ4v) is 3.92. The first kappa shape index (κ1) is 22.3. The largest absolute Gasteiger partial charge is 0.493 e. The number of benzene rings is 2. The lowest BCUT2D eigenvalue weighted by Crippen LogP contribution is -2.05. The van der Waals surface area contributed by atoms with Gasteiger partial charge in [-0.05, 0) is 41.6 Å². The summed E-state index contributed by atoms with van der Waals surface area (Å²) in [5, 5.41) is 11.9. The molecular formula is C26H26N2O5. The van der Waals surface area contributed by atoms with Gasteiger partial charge in [0, 0.05) is 34.8 Å². The number of methoxy groups -OCH3 is 2. The summed E-state index contributed by atoms with van der Waals surface area (Å²) in [5.41, 5.74) is 3.59. The van der Waals surface area contributed by atoms with Crippen LogP contribution in [0.1, 0.15) is 30.3 Å². The Bertz CT molecular complexity index is 1320. The van der Waals surface area contributed by atoms with E-state index in [4.69, 9.17) is 24.3 Å². The van der Waals surface area contributed by atoms with Crippen LogP contribution in [0.25, 0.3) is 21.7 Å². The van der Waals surface area contributed by atoms with Gasteiger partial charge >= 0.3 is 5.97 Å². The second-order valence-corrected chi connectivity index (χ2v) is 7.64. The zero-order valence-electron chi connectivity index (χ0n) is 18.9. The highest BCUT2D eigenvalue weighted by molar-refractivity contribution is 5.91. The topological polar surface area (TPSA) is 90.8 Å². The van der Waals surface area contributed by atoms with Gasteiger partial charge in [0.2, 0.25) is 0 Å². The van der Waals surface area contributed by atoms with Gasteiger partial charge in [-0.15, -0.1) is 0 Å². The van der Waals surface area contributed by atoms with Gasteiger partial charge in [-0.1, -0.05) is 25.1 Å². The van der Waals surface area contributed by atoms with E-state index in [0.717, 1.165) is 39.5 Å². The van der Waals surface area contributed by atoms with E-state index in [1.807, 2.05) is 48.7 Å². The van der Waals surface area contributed by atoms with Crippen LogP contribution in [-0.4, -0.2) is 41.9 Å². The van der Waals surface area contributed by atoms with Crippen LogP contribution in [0.2, 0.25) is 0 Å². The number of aliphatic carboxylic acids is 1. The lowest BCUT2D eigenvalue weighted by atomic mass is 9.99. The van der Waals surface area contributed by atoms with Crippen LogP contribution in [-0.2, 0) is 17.6 Å². The Hall–Kier alpha value is -3.87. The summed E-state index contributed by atoms with van der Waals surface area (Å²) < 4.78 is 16.7. The number of aromatic nitrogens is 2. The first-order valence-corrected chi connectivity index (χ1v) is 10.8. The van der Waals surface area contributed by atoms with Gasteiger partial charge in [-0.3, -0.25) is 9.78 Å². The van der Waals surface area contributed by atoms with Crippen LogP contribution in [0.5, 0.6) is 17.2 Å². The number of carboxylic acids is 1. The summed E-state index contributed by atoms with van der Waals surface area (Å²) >= 11 is 0. The first-order valence-electron chi connectivity index (χ1n) is 10.8. The molecule has 2 heterocycles. The maximum Gasteiger partial charge on any atom is 0.306 e. The molecule has 0 aliphatic rings. The number of ether oxygens (including phenoxy) is 3. The van der Waals surface area contributed by atoms with Gasteiger partial charge < -0.3 is 19.3 Å². The molecule has 0 atom stereocenters. The number of nitrogens with zero attached hydrogens (tertiary/aromatic N) is 2. The number of aryl methyl sites for hydroxylation is 1. The number of carbonyl (C=O) groups is 1. The Morgan fingerprint density at radius 2 is 1.76 bits per heavy atom. The van der Waals surface area contributed by atoms with E-state index in [9.17, 15) is 4.79 Å². The third kappa shape index (κ3) is 4.67. The van der Waals surface area contributed by atoms with Crippen molar-refractivity contribution in [2.24, 2.45) is 0 Å². The van der Waals surface area contributed by atoms with E-state index in [2.05, 4.69) is 11.9 Å². The summed E-state index contributed by atoms with van der Waals surface area (Å²) in [6.45, 7) is 2.17. The van der Waals surface area contributed by atoms with Gasteiger partial charge in [0.15, 0.2) is 11.5 Å². The molecule has 2 aromatic heterocycles. The van der Waals surface area contributed by atoms with Crippen molar-refractivity contribution in [1.82, 2.24) is 9.97 Å². The van der Waals surface area contributed by atoms with Crippen molar-refractivity contribution in [3.63, 3.8) is 0 Å². The molecule has 0 aliphatic heterocycles. The fraction of sp³-hybridized carbons (Fsp3) is 0.269. The molecule has 0 unspecified atom stereocenters. The van der Waals surface area contributed by atoms with Crippen molar-refractivity contribution in [2.45, 2.75) is 26.2 Å². The molecule has 1 N–H and O–H groups in total. The van der Waals surface area contributed by atoms with E-state index in [0.29, 0.717) is 29.2 Å². The van der Waals surface area contributed by atoms with E-state index < -0.39 is 5.97 Å². The monoisotopic (exact) mass is 446 g/mol. The van der Waals surface area contributed by atoms with Gasteiger partial charge in [0.25, 0.3) is 0 Å². The highest BCUT2D eigenvalue weighted by atomic mass is 16.5. The van der Waals surface area contributed by atoms with Gasteiger partial charge in [0.05, 0.1) is 27.2 Å². The van der Waals surface area contributed by atoms with Crippen LogP contribution >= 0.6 is 0 Å². The molecular weight excluding hydrogens is 420 g/mol. The average molecular weight is 447 g/mol. The van der Waals surface area contributed by atoms with Crippen LogP contribution in [0.3, 0.4) is 0 Å². The van der Waals surface area contributed by atoms with Crippen molar-refractivity contribution in [1.29, 1.82) is 0 Å². The number of carboxylic acid groups (broad SMARTS) is 1. The zero-order valence-corrected chi connectivity index (χ0v) is 18.9. The molecule has 7 heteroatoms. The van der Waals surface area contributed by atoms with Crippen LogP contribution in [0.15, 0.2) is 48.7 Å². The molecule has 0 aliphatic carbocycles. The lowest BCUT2D eigenvalue weighted by molar-refractivity contribution is -0.137. The molecule has 0 saturated heterocycles. The predicted octanol–water partition coefficient (Wildman–Crippen LogP) is 4.81. The minimum atomic E-state index is -0.897. The number of rotatable bonds is 9. The van der Waals surface area contributed by atoms with E-state index in [1.54, 1.807) is 14.2 Å². The summed E-state index contributed by atoms with van der Waals surface area (Å²) in [5.74, 6) is 1.02. The third-order valence-electron chi connectivity index (χ3n) is 5.58. The highest BCUT2D eigenvalue weighted by Gasteiger charge is 2.14. The Labute approximate surface area is 192 Å². The van der Waals surface area contributed by atoms with Crippen molar-refractivity contribution in [3.05, 3.63) is 65.6 Å². The summed E-state index contributed by atoms with van der Waals surface area (Å²) in [4.78, 5) is 20.4. The van der Waals surface area contributed by atoms with Gasteiger partial charge in [-0.25, -0.2) is 4.98 Å². The second kappa shape index (κ2) is 9.73. The SMILES string of the molecule is CCc1ncc(Cc2ccc3cccc(OCCC(=O)O)c3n2)c2cc(OC)c(OC)cc12. The zero-order chi connectivity index (χ0) is 23.4. The van der Waals surface area contributed by atoms with Gasteiger partial charge in [0.1, 0.15) is 11.3 Å². The van der Waals surface area contributed by atoms with Gasteiger partial charge in [-0.2, -0.15) is 0 Å². The van der Waals surface area contributed by atoms with Crippen molar-refractivity contribution >= 4 is 27.6 Å². The number of para-hydroxylation sites is 1. The first-order chi connectivity index (χ1) is 16.0. The molecule has 7 nitrogen and oxygen atoms in total. The molecule has 0 spiro atoms. The molecule has 4 aromatic rings. The van der Waals surface area contributed by atoms with Crippen molar-refractivity contribution in [3.8, 4) is 17.2 Å². The predicted molar refractivity (Wildman–Crippen MR) is 127 cm³/mol. The van der Waals surface area contributed by atoms with Crippen LogP contribution in [0.4, 0.5) is 0 Å². The second-order valence-electron chi connectivity index (χ2n) is 7.64. The molecule has 0 saturated carbocycles. The summed E-state index contributed by atoms with van der Waals surface area (Å²) in [6, 6.07) is 13.6. The quantitative estimate of drug-likeness (QED) is 0.395. The average Bonchev–Trinajstić information content (AvgIpc) is 2.83. The van der Waals surface area contributed by atoms with E-state index >= 15 is 0 Å². The summed E-state index contributed by atoms with van der Waals surface area (Å²) in [6.07, 6.45) is 3.21. The number of pyridine rings is 2. The molecule has 2 aromatic carbocycles. The third-order valence-corrected chi connectivity index (χ3v) is 5.58. The molecule has 0 amide bonds. The Balaban J connectivity index is 1.74. The molecule has 0 radical (unpaired) electrons. The maximum absolute atomic E-state index is 10.8. The Morgan fingerprint density at radius 3 is 2.45 bits per heavy atom. The fourth-order valence-electron chi connectivity index (χ4n) is 3.92. The smallest absolute Gasteiger partial charge is 0.306 e. The normalized spacial score (nSPS) is 11.0. The maximum atomic E-state index is 10.8. The minimum absolute atomic E-state index is 0.0667. The van der Waals surface area contributed by atoms with Crippen LogP contribution < -0.4 is 14.2 Å². The number of hydrogen-bond acceptors (Lipinski definition) is 6. The standard InChI is InChI=1S/C26H26N2O5/c1-4-21-20-14-24(32-3)23(31-2)13-19(20)17(15-27-21)12-18-9-8-16-6-5-7-22(26(16)28-18)33-11-10-25(29)30/h5-9,13-15H,4,10-12H2,1-3H3,(H,29,30). The van der Waals surface area contributed by atoms with Crippen molar-refractivity contribution < 1.29 is 24.1 Å². The van der Waals surface area contributed by atoms with Crippen molar-refractivity contribution in [2.75, 3.05) is 20.8 Å². The molecule has 0 bridgehead atoms. The lowest BCUT2D eigenvalue weighted by Gasteiger charge is -2.14. The van der Waals surface area contributed by atoms with Crippen LogP contribution in [0, 0.1) is 0 Å². The van der Waals surface area contributed by atoms with E-state index in [-0.39, 0.29) is 13.0 Å². The summed E-state index contributed by atoms with van der Waals surface area (Å²) in [7, 11) is 3.25. The molecule has 0 fully saturated rings. The molecule has 33 heavy (non-hydrogen) atoms.